The molecule has 1 aromatic heterocycles. The van der Waals surface area contributed by atoms with Gasteiger partial charge in [-0.2, -0.15) is 9.40 Å². The molecule has 0 unspecified atom stereocenters. The number of sulfonamides is 1. The van der Waals surface area contributed by atoms with Crippen LogP contribution in [0.3, 0.4) is 0 Å². The van der Waals surface area contributed by atoms with Crippen molar-refractivity contribution in [2.24, 2.45) is 0 Å². The summed E-state index contributed by atoms with van der Waals surface area (Å²) in [5.41, 5.74) is 0. The third-order valence-corrected chi connectivity index (χ3v) is 4.63. The van der Waals surface area contributed by atoms with E-state index in [2.05, 4.69) is 5.10 Å². The molecule has 1 aliphatic rings. The Hall–Kier alpha value is -1.18. The Morgan fingerprint density at radius 2 is 2.22 bits per heavy atom. The first-order chi connectivity index (χ1) is 8.64. The lowest BCUT2D eigenvalue weighted by atomic mass is 10.3. The number of aliphatic hydroxyl groups excluding tert-OH is 1. The summed E-state index contributed by atoms with van der Waals surface area (Å²) in [5.74, 6) is 0. The molecule has 0 aromatic carbocycles. The van der Waals surface area contributed by atoms with Gasteiger partial charge >= 0.3 is 0 Å². The Morgan fingerprint density at radius 1 is 1.39 bits per heavy atom. The van der Waals surface area contributed by atoms with Gasteiger partial charge in [-0.3, -0.25) is 4.68 Å². The van der Waals surface area contributed by atoms with Crippen LogP contribution < -0.4 is 0 Å². The summed E-state index contributed by atoms with van der Waals surface area (Å²) < 4.78 is 27.5. The first-order valence-electron chi connectivity index (χ1n) is 5.93. The van der Waals surface area contributed by atoms with Gasteiger partial charge in [-0.15, -0.1) is 0 Å². The lowest BCUT2D eigenvalue weighted by Crippen LogP contribution is -2.33. The number of hydrogen-bond donors (Lipinski definition) is 1. The van der Waals surface area contributed by atoms with Crippen LogP contribution in [0.4, 0.5) is 0 Å². The van der Waals surface area contributed by atoms with E-state index in [1.54, 1.807) is 4.68 Å². The maximum atomic E-state index is 12.3. The second-order valence-electron chi connectivity index (χ2n) is 4.14. The van der Waals surface area contributed by atoms with Crippen LogP contribution >= 0.6 is 0 Å². The van der Waals surface area contributed by atoms with Gasteiger partial charge in [0.15, 0.2) is 0 Å². The molecule has 100 valence electrons. The molecule has 7 heteroatoms. The maximum absolute atomic E-state index is 12.3. The van der Waals surface area contributed by atoms with Gasteiger partial charge in [-0.25, -0.2) is 8.42 Å². The Morgan fingerprint density at radius 3 is 2.89 bits per heavy atom. The molecule has 0 aliphatic carbocycles. The summed E-state index contributed by atoms with van der Waals surface area (Å²) in [4.78, 5) is 0.218. The van der Waals surface area contributed by atoms with Gasteiger partial charge in [0.05, 0.1) is 6.20 Å². The molecular formula is C11H17N3O3S. The van der Waals surface area contributed by atoms with Crippen molar-refractivity contribution in [1.29, 1.82) is 0 Å². The number of aromatic nitrogens is 2. The van der Waals surface area contributed by atoms with E-state index >= 15 is 0 Å². The smallest absolute Gasteiger partial charge is 0.246 e. The normalized spacial score (nSPS) is 17.2. The minimum Gasteiger partial charge on any atom is -0.396 e. The van der Waals surface area contributed by atoms with Gasteiger partial charge in [0, 0.05) is 32.4 Å². The molecule has 0 bridgehead atoms. The van der Waals surface area contributed by atoms with Gasteiger partial charge in [0.25, 0.3) is 0 Å². The highest BCUT2D eigenvalue weighted by atomic mass is 32.2. The maximum Gasteiger partial charge on any atom is 0.246 e. The summed E-state index contributed by atoms with van der Waals surface area (Å²) in [6.07, 6.45) is 8.04. The zero-order chi connectivity index (χ0) is 13.0. The molecule has 0 fully saturated rings. The van der Waals surface area contributed by atoms with Gasteiger partial charge in [-0.05, 0) is 12.8 Å². The third kappa shape index (κ3) is 2.80. The van der Waals surface area contributed by atoms with Crippen LogP contribution in [0.5, 0.6) is 0 Å². The number of aryl methyl sites for hydroxylation is 1. The summed E-state index contributed by atoms with van der Waals surface area (Å²) in [7, 11) is -3.43. The second-order valence-corrected chi connectivity index (χ2v) is 6.08. The fourth-order valence-electron chi connectivity index (χ4n) is 1.82. The third-order valence-electron chi connectivity index (χ3n) is 2.81. The topological polar surface area (TPSA) is 75.4 Å². The number of rotatable bonds is 5. The van der Waals surface area contributed by atoms with Gasteiger partial charge in [0.2, 0.25) is 10.0 Å². The summed E-state index contributed by atoms with van der Waals surface area (Å²) in [6, 6.07) is 0. The molecule has 1 aliphatic heterocycles. The summed E-state index contributed by atoms with van der Waals surface area (Å²) >= 11 is 0. The van der Waals surface area contributed by atoms with E-state index < -0.39 is 10.0 Å². The minimum atomic E-state index is -3.43. The second kappa shape index (κ2) is 5.64. The molecule has 0 amide bonds. The standard InChI is InChI=1S/C11H17N3O3S/c15-8-4-5-13-10-11(9-12-13)18(16,17)14-6-2-1-3-7-14/h1-2,9-10,15H,3-8H2. The lowest BCUT2D eigenvalue weighted by molar-refractivity contribution is 0.277. The Balaban J connectivity index is 2.14. The molecule has 0 spiro atoms. The fourth-order valence-corrected chi connectivity index (χ4v) is 3.18. The molecule has 0 atom stereocenters. The van der Waals surface area contributed by atoms with Crippen LogP contribution in [0, 0.1) is 0 Å². The van der Waals surface area contributed by atoms with Crippen LogP contribution in [0.1, 0.15) is 12.8 Å². The molecular weight excluding hydrogens is 254 g/mol. The molecule has 6 nitrogen and oxygen atoms in total. The average Bonchev–Trinajstić information content (AvgIpc) is 2.87. The molecule has 2 rings (SSSR count). The van der Waals surface area contributed by atoms with Crippen LogP contribution in [0.15, 0.2) is 29.4 Å². The van der Waals surface area contributed by atoms with E-state index in [1.807, 2.05) is 12.2 Å². The molecule has 18 heavy (non-hydrogen) atoms. The highest BCUT2D eigenvalue weighted by molar-refractivity contribution is 7.89. The fraction of sp³-hybridized carbons (Fsp3) is 0.545. The van der Waals surface area contributed by atoms with Crippen molar-refractivity contribution >= 4 is 10.0 Å². The van der Waals surface area contributed by atoms with E-state index in [-0.39, 0.29) is 11.5 Å². The average molecular weight is 271 g/mol. The number of hydrogen-bond acceptors (Lipinski definition) is 4. The largest absolute Gasteiger partial charge is 0.396 e. The van der Waals surface area contributed by atoms with Crippen LogP contribution in [-0.4, -0.2) is 47.3 Å². The molecule has 0 saturated heterocycles. The summed E-state index contributed by atoms with van der Waals surface area (Å²) in [5, 5.41) is 12.7. The molecule has 2 heterocycles. The minimum absolute atomic E-state index is 0.0683. The first-order valence-corrected chi connectivity index (χ1v) is 7.37. The van der Waals surface area contributed by atoms with E-state index in [0.717, 1.165) is 6.42 Å². The molecule has 0 saturated carbocycles. The van der Waals surface area contributed by atoms with Crippen LogP contribution in [0.25, 0.3) is 0 Å². The van der Waals surface area contributed by atoms with Crippen molar-refractivity contribution in [3.05, 3.63) is 24.5 Å². The predicted molar refractivity (Wildman–Crippen MR) is 66.4 cm³/mol. The van der Waals surface area contributed by atoms with Crippen molar-refractivity contribution in [3.8, 4) is 0 Å². The SMILES string of the molecule is O=S(=O)(c1cnn(CCCO)c1)N1CC=CCC1. The highest BCUT2D eigenvalue weighted by Gasteiger charge is 2.25. The van der Waals surface area contributed by atoms with Gasteiger partial charge < -0.3 is 5.11 Å². The van der Waals surface area contributed by atoms with E-state index in [1.165, 1.54) is 16.7 Å². The van der Waals surface area contributed by atoms with Gasteiger partial charge in [-0.1, -0.05) is 12.2 Å². The van der Waals surface area contributed by atoms with E-state index in [4.69, 9.17) is 5.11 Å². The Kier molecular flexibility index (Phi) is 4.15. The first kappa shape index (κ1) is 13.3. The van der Waals surface area contributed by atoms with Crippen molar-refractivity contribution < 1.29 is 13.5 Å². The Bertz CT molecular complexity index is 521. The monoisotopic (exact) mass is 271 g/mol. The predicted octanol–water partition coefficient (Wildman–Crippen LogP) is 0.216. The van der Waals surface area contributed by atoms with E-state index in [0.29, 0.717) is 26.1 Å². The zero-order valence-corrected chi connectivity index (χ0v) is 10.9. The van der Waals surface area contributed by atoms with Crippen molar-refractivity contribution in [2.75, 3.05) is 19.7 Å². The van der Waals surface area contributed by atoms with Crippen molar-refractivity contribution in [1.82, 2.24) is 14.1 Å². The van der Waals surface area contributed by atoms with E-state index in [9.17, 15) is 8.42 Å². The number of aliphatic hydroxyl groups is 1. The van der Waals surface area contributed by atoms with Crippen LogP contribution in [-0.2, 0) is 16.6 Å². The molecule has 0 radical (unpaired) electrons. The zero-order valence-electron chi connectivity index (χ0n) is 10.1. The van der Waals surface area contributed by atoms with Crippen LogP contribution in [0.2, 0.25) is 0 Å². The summed E-state index contributed by atoms with van der Waals surface area (Å²) in [6.45, 7) is 1.52. The van der Waals surface area contributed by atoms with Crippen molar-refractivity contribution in [3.63, 3.8) is 0 Å². The quantitative estimate of drug-likeness (QED) is 0.777. The molecule has 1 N–H and O–H groups in total. The lowest BCUT2D eigenvalue weighted by Gasteiger charge is -2.21. The number of nitrogens with zero attached hydrogens (tertiary/aromatic N) is 3. The highest BCUT2D eigenvalue weighted by Crippen LogP contribution is 2.17. The van der Waals surface area contributed by atoms with Crippen molar-refractivity contribution in [2.45, 2.75) is 24.3 Å². The van der Waals surface area contributed by atoms with Gasteiger partial charge in [0.1, 0.15) is 4.90 Å². The Labute approximate surface area is 107 Å². The molecule has 1 aromatic rings.